The molecule has 0 amide bonds. The van der Waals surface area contributed by atoms with Crippen molar-refractivity contribution in [2.75, 3.05) is 4.72 Å². The van der Waals surface area contributed by atoms with E-state index in [0.29, 0.717) is 16.3 Å². The SMILES string of the molecule is Cc1cc(Cl)ccc1S(=O)(=O)Nc1ccc2c(c1)sc(=O)n2C. The Morgan fingerprint density at radius 1 is 1.17 bits per heavy atom. The second kappa shape index (κ2) is 5.67. The molecule has 0 unspecified atom stereocenters. The fraction of sp³-hybridized carbons (Fsp3) is 0.133. The number of hydrogen-bond acceptors (Lipinski definition) is 4. The van der Waals surface area contributed by atoms with Crippen LogP contribution in [0.1, 0.15) is 5.56 Å². The van der Waals surface area contributed by atoms with Crippen LogP contribution >= 0.6 is 22.9 Å². The third-order valence-electron chi connectivity index (χ3n) is 3.47. The highest BCUT2D eigenvalue weighted by molar-refractivity contribution is 7.92. The lowest BCUT2D eigenvalue weighted by Crippen LogP contribution is -2.14. The van der Waals surface area contributed by atoms with E-state index in [1.54, 1.807) is 38.2 Å². The molecule has 0 radical (unpaired) electrons. The van der Waals surface area contributed by atoms with Gasteiger partial charge in [0.2, 0.25) is 0 Å². The van der Waals surface area contributed by atoms with Gasteiger partial charge in [-0.15, -0.1) is 0 Å². The van der Waals surface area contributed by atoms with E-state index in [1.807, 2.05) is 0 Å². The van der Waals surface area contributed by atoms with E-state index in [9.17, 15) is 13.2 Å². The molecule has 1 N–H and O–H groups in total. The summed E-state index contributed by atoms with van der Waals surface area (Å²) < 4.78 is 29.8. The van der Waals surface area contributed by atoms with Crippen molar-refractivity contribution in [1.29, 1.82) is 0 Å². The molecule has 1 aromatic heterocycles. The van der Waals surface area contributed by atoms with Crippen LogP contribution in [0.3, 0.4) is 0 Å². The van der Waals surface area contributed by atoms with Gasteiger partial charge < -0.3 is 4.57 Å². The lowest BCUT2D eigenvalue weighted by atomic mass is 10.2. The predicted molar refractivity (Wildman–Crippen MR) is 94.1 cm³/mol. The molecule has 0 saturated heterocycles. The second-order valence-electron chi connectivity index (χ2n) is 5.12. The number of fused-ring (bicyclic) bond motifs is 1. The summed E-state index contributed by atoms with van der Waals surface area (Å²) >= 11 is 6.94. The molecule has 0 spiro atoms. The number of aryl methyl sites for hydroxylation is 2. The molecule has 120 valence electrons. The van der Waals surface area contributed by atoms with E-state index in [-0.39, 0.29) is 9.77 Å². The predicted octanol–water partition coefficient (Wildman–Crippen LogP) is 3.36. The Morgan fingerprint density at radius 3 is 2.61 bits per heavy atom. The first-order valence-electron chi connectivity index (χ1n) is 6.66. The van der Waals surface area contributed by atoms with Gasteiger partial charge in [0, 0.05) is 12.1 Å². The van der Waals surface area contributed by atoms with E-state index in [0.717, 1.165) is 21.6 Å². The molecule has 0 aliphatic heterocycles. The Hall–Kier alpha value is -1.83. The summed E-state index contributed by atoms with van der Waals surface area (Å²) in [5.41, 5.74) is 1.75. The molecule has 0 aliphatic rings. The number of benzene rings is 2. The van der Waals surface area contributed by atoms with Crippen molar-refractivity contribution in [2.45, 2.75) is 11.8 Å². The first-order valence-corrected chi connectivity index (χ1v) is 9.34. The average molecular weight is 369 g/mol. The van der Waals surface area contributed by atoms with Crippen LogP contribution in [0.5, 0.6) is 0 Å². The Kier molecular flexibility index (Phi) is 3.95. The van der Waals surface area contributed by atoms with Gasteiger partial charge in [0.1, 0.15) is 0 Å². The number of sulfonamides is 1. The molecule has 3 aromatic rings. The number of halogens is 1. The van der Waals surface area contributed by atoms with E-state index >= 15 is 0 Å². The minimum Gasteiger partial charge on any atom is -0.302 e. The summed E-state index contributed by atoms with van der Waals surface area (Å²) in [6.45, 7) is 1.69. The summed E-state index contributed by atoms with van der Waals surface area (Å²) in [6.07, 6.45) is 0. The van der Waals surface area contributed by atoms with Crippen LogP contribution in [0.4, 0.5) is 5.69 Å². The highest BCUT2D eigenvalue weighted by Gasteiger charge is 2.17. The minimum absolute atomic E-state index is 0.0893. The summed E-state index contributed by atoms with van der Waals surface area (Å²) in [7, 11) is -2.04. The molecule has 0 bridgehead atoms. The van der Waals surface area contributed by atoms with Crippen LogP contribution in [0.25, 0.3) is 10.2 Å². The summed E-state index contributed by atoms with van der Waals surface area (Å²) in [5, 5.41) is 0.483. The van der Waals surface area contributed by atoms with E-state index < -0.39 is 10.0 Å². The molecule has 0 atom stereocenters. The van der Waals surface area contributed by atoms with Gasteiger partial charge >= 0.3 is 4.87 Å². The monoisotopic (exact) mass is 368 g/mol. The Morgan fingerprint density at radius 2 is 1.91 bits per heavy atom. The Labute approximate surface area is 142 Å². The lowest BCUT2D eigenvalue weighted by Gasteiger charge is -2.10. The Balaban J connectivity index is 2.01. The number of rotatable bonds is 3. The molecular weight excluding hydrogens is 356 g/mol. The Bertz CT molecular complexity index is 1070. The zero-order valence-electron chi connectivity index (χ0n) is 12.3. The number of hydrogen-bond donors (Lipinski definition) is 1. The molecule has 1 heterocycles. The molecule has 23 heavy (non-hydrogen) atoms. The zero-order chi connectivity index (χ0) is 16.8. The zero-order valence-corrected chi connectivity index (χ0v) is 14.7. The highest BCUT2D eigenvalue weighted by Crippen LogP contribution is 2.25. The lowest BCUT2D eigenvalue weighted by molar-refractivity contribution is 0.600. The van der Waals surface area contributed by atoms with Gasteiger partial charge in [-0.1, -0.05) is 22.9 Å². The highest BCUT2D eigenvalue weighted by atomic mass is 35.5. The standard InChI is InChI=1S/C15H13ClN2O3S2/c1-9-7-10(16)3-6-14(9)23(20,21)17-11-4-5-12-13(8-11)22-15(19)18(12)2/h3-8,17H,1-2H3. The summed E-state index contributed by atoms with van der Waals surface area (Å²) in [4.78, 5) is 11.7. The maximum atomic E-state index is 12.5. The molecule has 0 saturated carbocycles. The second-order valence-corrected chi connectivity index (χ2v) is 8.21. The van der Waals surface area contributed by atoms with Crippen molar-refractivity contribution in [3.05, 3.63) is 56.7 Å². The number of thiazole rings is 1. The van der Waals surface area contributed by atoms with E-state index in [4.69, 9.17) is 11.6 Å². The number of nitrogens with zero attached hydrogens (tertiary/aromatic N) is 1. The first kappa shape index (κ1) is 16.0. The normalized spacial score (nSPS) is 11.8. The van der Waals surface area contributed by atoms with Crippen molar-refractivity contribution in [1.82, 2.24) is 4.57 Å². The fourth-order valence-electron chi connectivity index (χ4n) is 2.32. The fourth-order valence-corrected chi connectivity index (χ4v) is 4.74. The van der Waals surface area contributed by atoms with Crippen molar-refractivity contribution in [3.8, 4) is 0 Å². The molecule has 0 fully saturated rings. The molecule has 5 nitrogen and oxygen atoms in total. The van der Waals surface area contributed by atoms with Gasteiger partial charge in [-0.25, -0.2) is 8.42 Å². The number of aromatic nitrogens is 1. The summed E-state index contributed by atoms with van der Waals surface area (Å²) in [5.74, 6) is 0. The van der Waals surface area contributed by atoms with E-state index in [1.165, 1.54) is 16.7 Å². The largest absolute Gasteiger partial charge is 0.307 e. The van der Waals surface area contributed by atoms with Gasteiger partial charge in [0.15, 0.2) is 0 Å². The van der Waals surface area contributed by atoms with Crippen LogP contribution in [0.15, 0.2) is 46.1 Å². The van der Waals surface area contributed by atoms with Crippen molar-refractivity contribution in [3.63, 3.8) is 0 Å². The van der Waals surface area contributed by atoms with Crippen molar-refractivity contribution >= 4 is 48.9 Å². The van der Waals surface area contributed by atoms with Gasteiger partial charge in [-0.2, -0.15) is 0 Å². The molecular formula is C15H13ClN2O3S2. The smallest absolute Gasteiger partial charge is 0.302 e. The van der Waals surface area contributed by atoms with Crippen LogP contribution in [-0.2, 0) is 17.1 Å². The van der Waals surface area contributed by atoms with Crippen LogP contribution in [0, 0.1) is 6.92 Å². The van der Waals surface area contributed by atoms with Gasteiger partial charge in [-0.3, -0.25) is 9.52 Å². The van der Waals surface area contributed by atoms with Crippen LogP contribution in [-0.4, -0.2) is 13.0 Å². The third-order valence-corrected chi connectivity index (χ3v) is 6.24. The average Bonchev–Trinajstić information content (AvgIpc) is 2.72. The molecule has 2 aromatic carbocycles. The molecule has 8 heteroatoms. The van der Waals surface area contributed by atoms with Gasteiger partial charge in [0.05, 0.1) is 20.8 Å². The van der Waals surface area contributed by atoms with Crippen molar-refractivity contribution in [2.24, 2.45) is 7.05 Å². The quantitative estimate of drug-likeness (QED) is 0.770. The summed E-state index contributed by atoms with van der Waals surface area (Å²) in [6, 6.07) is 9.62. The molecule has 0 aliphatic carbocycles. The molecule has 3 rings (SSSR count). The number of nitrogens with one attached hydrogen (secondary N) is 1. The van der Waals surface area contributed by atoms with Crippen molar-refractivity contribution < 1.29 is 8.42 Å². The van der Waals surface area contributed by atoms with Gasteiger partial charge in [-0.05, 0) is 48.9 Å². The van der Waals surface area contributed by atoms with Crippen LogP contribution < -0.4 is 9.60 Å². The van der Waals surface area contributed by atoms with Gasteiger partial charge in [0.25, 0.3) is 10.0 Å². The third kappa shape index (κ3) is 2.99. The first-order chi connectivity index (χ1) is 10.8. The van der Waals surface area contributed by atoms with Crippen LogP contribution in [0.2, 0.25) is 5.02 Å². The topological polar surface area (TPSA) is 68.2 Å². The minimum atomic E-state index is -3.72. The number of anilines is 1. The van der Waals surface area contributed by atoms with E-state index in [2.05, 4.69) is 4.72 Å². The maximum Gasteiger partial charge on any atom is 0.307 e. The maximum absolute atomic E-state index is 12.5.